The smallest absolute Gasteiger partial charge is 0.238 e. The number of nitrogens with one attached hydrogen (secondary N) is 1. The molecule has 1 atom stereocenters. The molecule has 148 valence electrons. The van der Waals surface area contributed by atoms with Crippen molar-refractivity contribution in [3.63, 3.8) is 0 Å². The molecule has 0 saturated carbocycles. The molecule has 2 aromatic carbocycles. The number of methoxy groups -OCH3 is 1. The molecule has 28 heavy (non-hydrogen) atoms. The second kappa shape index (κ2) is 9.51. The van der Waals surface area contributed by atoms with Gasteiger partial charge in [0.05, 0.1) is 13.7 Å². The van der Waals surface area contributed by atoms with Crippen LogP contribution in [0.1, 0.15) is 54.6 Å². The van der Waals surface area contributed by atoms with Gasteiger partial charge >= 0.3 is 0 Å². The monoisotopic (exact) mass is 380 g/mol. The maximum Gasteiger partial charge on any atom is 0.238 e. The minimum absolute atomic E-state index is 0.0109. The minimum atomic E-state index is -0.0545. The van der Waals surface area contributed by atoms with Crippen LogP contribution in [-0.2, 0) is 4.79 Å². The summed E-state index contributed by atoms with van der Waals surface area (Å²) in [7, 11) is 1.67. The molecule has 1 N–H and O–H groups in total. The molecule has 0 aromatic heterocycles. The molecule has 1 aliphatic heterocycles. The van der Waals surface area contributed by atoms with E-state index in [0.717, 1.165) is 31.6 Å². The van der Waals surface area contributed by atoms with Crippen molar-refractivity contribution in [1.29, 1.82) is 0 Å². The summed E-state index contributed by atoms with van der Waals surface area (Å²) in [4.78, 5) is 26.5. The zero-order valence-electron chi connectivity index (χ0n) is 16.6. The van der Waals surface area contributed by atoms with Crippen molar-refractivity contribution in [2.24, 2.45) is 0 Å². The summed E-state index contributed by atoms with van der Waals surface area (Å²) >= 11 is 0. The first kappa shape index (κ1) is 20.1. The van der Waals surface area contributed by atoms with Crippen molar-refractivity contribution >= 4 is 17.4 Å². The number of nitrogens with zero attached hydrogens (tertiary/aromatic N) is 1. The topological polar surface area (TPSA) is 58.6 Å². The van der Waals surface area contributed by atoms with Gasteiger partial charge in [-0.15, -0.1) is 0 Å². The Hall–Kier alpha value is -2.66. The Bertz CT molecular complexity index is 817. The molecule has 2 aromatic rings. The number of ether oxygens (including phenoxy) is 1. The van der Waals surface area contributed by atoms with Crippen molar-refractivity contribution in [3.8, 4) is 5.75 Å². The van der Waals surface area contributed by atoms with E-state index >= 15 is 0 Å². The Labute approximate surface area is 166 Å². The van der Waals surface area contributed by atoms with Crippen LogP contribution in [0.15, 0.2) is 48.5 Å². The zero-order valence-corrected chi connectivity index (χ0v) is 16.6. The summed E-state index contributed by atoms with van der Waals surface area (Å²) in [6.45, 7) is 2.76. The fourth-order valence-electron chi connectivity index (χ4n) is 3.76. The summed E-state index contributed by atoms with van der Waals surface area (Å²) in [6, 6.07) is 15.5. The molecule has 1 aliphatic rings. The molecule has 5 heteroatoms. The van der Waals surface area contributed by atoms with Gasteiger partial charge in [0.25, 0.3) is 0 Å². The van der Waals surface area contributed by atoms with Crippen LogP contribution in [0.25, 0.3) is 0 Å². The van der Waals surface area contributed by atoms with Gasteiger partial charge in [-0.05, 0) is 56.1 Å². The van der Waals surface area contributed by atoms with Gasteiger partial charge in [0.15, 0.2) is 5.78 Å². The minimum Gasteiger partial charge on any atom is -0.497 e. The van der Waals surface area contributed by atoms with E-state index in [1.165, 1.54) is 18.9 Å². The highest BCUT2D eigenvalue weighted by atomic mass is 16.5. The van der Waals surface area contributed by atoms with Crippen LogP contribution < -0.4 is 10.1 Å². The van der Waals surface area contributed by atoms with E-state index in [4.69, 9.17) is 4.74 Å². The lowest BCUT2D eigenvalue weighted by atomic mass is 10.0. The molecule has 0 radical (unpaired) electrons. The van der Waals surface area contributed by atoms with Crippen LogP contribution in [0.5, 0.6) is 5.75 Å². The molecule has 0 unspecified atom stereocenters. The number of carbonyl (C=O) groups is 2. The van der Waals surface area contributed by atoms with Gasteiger partial charge in [-0.1, -0.05) is 37.1 Å². The highest BCUT2D eigenvalue weighted by Gasteiger charge is 2.24. The average Bonchev–Trinajstić information content (AvgIpc) is 2.93. The summed E-state index contributed by atoms with van der Waals surface area (Å²) in [5, 5.41) is 2.94. The van der Waals surface area contributed by atoms with E-state index in [1.54, 1.807) is 25.3 Å². The van der Waals surface area contributed by atoms with Crippen LogP contribution in [-0.4, -0.2) is 36.8 Å². The van der Waals surface area contributed by atoms with Crippen molar-refractivity contribution in [1.82, 2.24) is 4.90 Å². The van der Waals surface area contributed by atoms with Crippen LogP contribution in [0.3, 0.4) is 0 Å². The number of rotatable bonds is 6. The third kappa shape index (κ3) is 5.20. The molecule has 1 amide bonds. The number of carbonyl (C=O) groups excluding carboxylic acids is 2. The normalized spacial score (nSPS) is 17.6. The first-order valence-corrected chi connectivity index (χ1v) is 9.85. The molecule has 5 nitrogen and oxygen atoms in total. The fraction of sp³-hybridized carbons (Fsp3) is 0.391. The fourth-order valence-corrected chi connectivity index (χ4v) is 3.76. The number of hydrogen-bond acceptors (Lipinski definition) is 4. The quantitative estimate of drug-likeness (QED) is 0.752. The van der Waals surface area contributed by atoms with Gasteiger partial charge in [-0.3, -0.25) is 14.5 Å². The summed E-state index contributed by atoms with van der Waals surface area (Å²) in [6.07, 6.45) is 4.49. The molecule has 0 bridgehead atoms. The molecule has 3 rings (SSSR count). The molecule has 1 saturated heterocycles. The van der Waals surface area contributed by atoms with Gasteiger partial charge in [0, 0.05) is 17.3 Å². The highest BCUT2D eigenvalue weighted by Crippen LogP contribution is 2.31. The third-order valence-corrected chi connectivity index (χ3v) is 5.26. The number of benzene rings is 2. The Morgan fingerprint density at radius 1 is 1.11 bits per heavy atom. The number of amides is 1. The molecule has 0 aliphatic carbocycles. The number of likely N-dealkylation sites (tertiary alicyclic amines) is 1. The Kier molecular flexibility index (Phi) is 6.82. The van der Waals surface area contributed by atoms with Crippen LogP contribution in [0, 0.1) is 0 Å². The van der Waals surface area contributed by atoms with Crippen molar-refractivity contribution < 1.29 is 14.3 Å². The Morgan fingerprint density at radius 3 is 2.61 bits per heavy atom. The lowest BCUT2D eigenvalue weighted by Gasteiger charge is -2.29. The van der Waals surface area contributed by atoms with Crippen LogP contribution in [0.4, 0.5) is 5.69 Å². The van der Waals surface area contributed by atoms with Gasteiger partial charge < -0.3 is 10.1 Å². The SMILES string of the molecule is COc1ccc([C@@H]2CCCCCN2CC(=O)Nc2cccc(C(C)=O)c2)cc1. The maximum absolute atomic E-state index is 12.7. The standard InChI is InChI=1S/C23H28N2O3/c1-17(26)19-7-6-8-20(15-19)24-23(27)16-25-14-5-3-4-9-22(25)18-10-12-21(28-2)13-11-18/h6-8,10-13,15,22H,3-5,9,14,16H2,1-2H3,(H,24,27)/t22-/m0/s1. The van der Waals surface area contributed by atoms with Crippen LogP contribution in [0.2, 0.25) is 0 Å². The average molecular weight is 380 g/mol. The van der Waals surface area contributed by atoms with Gasteiger partial charge in [0.1, 0.15) is 5.75 Å². The van der Waals surface area contributed by atoms with E-state index in [2.05, 4.69) is 22.3 Å². The number of Topliss-reactive ketones (excluding diaryl/α,β-unsaturated/α-hetero) is 1. The molecular formula is C23H28N2O3. The second-order valence-corrected chi connectivity index (χ2v) is 7.29. The second-order valence-electron chi connectivity index (χ2n) is 7.29. The van der Waals surface area contributed by atoms with Crippen molar-refractivity contribution in [3.05, 3.63) is 59.7 Å². The largest absolute Gasteiger partial charge is 0.497 e. The lowest BCUT2D eigenvalue weighted by Crippen LogP contribution is -2.36. The highest BCUT2D eigenvalue weighted by molar-refractivity contribution is 5.97. The van der Waals surface area contributed by atoms with Crippen molar-refractivity contribution in [2.45, 2.75) is 38.6 Å². The first-order valence-electron chi connectivity index (χ1n) is 9.85. The maximum atomic E-state index is 12.7. The summed E-state index contributed by atoms with van der Waals surface area (Å²) in [5.41, 5.74) is 2.48. The number of ketones is 1. The van der Waals surface area contributed by atoms with Gasteiger partial charge in [-0.25, -0.2) is 0 Å². The Balaban J connectivity index is 1.70. The third-order valence-electron chi connectivity index (χ3n) is 5.26. The summed E-state index contributed by atoms with van der Waals surface area (Å²) in [5.74, 6) is 0.774. The molecular weight excluding hydrogens is 352 g/mol. The van der Waals surface area contributed by atoms with Gasteiger partial charge in [-0.2, -0.15) is 0 Å². The lowest BCUT2D eigenvalue weighted by molar-refractivity contribution is -0.117. The molecule has 1 fully saturated rings. The van der Waals surface area contributed by atoms with E-state index in [1.807, 2.05) is 18.2 Å². The van der Waals surface area contributed by atoms with Crippen molar-refractivity contribution in [2.75, 3.05) is 25.5 Å². The number of hydrogen-bond donors (Lipinski definition) is 1. The van der Waals surface area contributed by atoms with E-state index in [9.17, 15) is 9.59 Å². The zero-order chi connectivity index (χ0) is 19.9. The predicted octanol–water partition coefficient (Wildman–Crippen LogP) is 4.45. The van der Waals surface area contributed by atoms with Gasteiger partial charge in [0.2, 0.25) is 5.91 Å². The van der Waals surface area contributed by atoms with E-state index in [-0.39, 0.29) is 17.7 Å². The Morgan fingerprint density at radius 2 is 1.89 bits per heavy atom. The molecule has 1 heterocycles. The number of anilines is 1. The first-order chi connectivity index (χ1) is 13.6. The predicted molar refractivity (Wildman–Crippen MR) is 111 cm³/mol. The molecule has 0 spiro atoms. The van der Waals surface area contributed by atoms with E-state index < -0.39 is 0 Å². The van der Waals surface area contributed by atoms with Crippen LogP contribution >= 0.6 is 0 Å². The van der Waals surface area contributed by atoms with E-state index in [0.29, 0.717) is 17.8 Å². The summed E-state index contributed by atoms with van der Waals surface area (Å²) < 4.78 is 5.26.